The van der Waals surface area contributed by atoms with Crippen molar-refractivity contribution in [2.24, 2.45) is 0 Å². The van der Waals surface area contributed by atoms with E-state index in [9.17, 15) is 8.42 Å². The molecule has 80 valence electrons. The molecule has 5 nitrogen and oxygen atoms in total. The molecule has 1 aromatic heterocycles. The van der Waals surface area contributed by atoms with Gasteiger partial charge in [-0.1, -0.05) is 0 Å². The van der Waals surface area contributed by atoms with Crippen LogP contribution in [0.2, 0.25) is 0 Å². The van der Waals surface area contributed by atoms with E-state index in [0.717, 1.165) is 0 Å². The summed E-state index contributed by atoms with van der Waals surface area (Å²) in [6.07, 6.45) is 1.98. The molecule has 1 unspecified atom stereocenters. The average molecular weight is 238 g/mol. The Morgan fingerprint density at radius 1 is 1.71 bits per heavy atom. The van der Waals surface area contributed by atoms with Crippen LogP contribution in [0.1, 0.15) is 13.3 Å². The number of H-pyrrole nitrogens is 1. The summed E-state index contributed by atoms with van der Waals surface area (Å²) < 4.78 is 25.3. The molecule has 1 aromatic rings. The van der Waals surface area contributed by atoms with Crippen LogP contribution in [0.3, 0.4) is 0 Å². The minimum absolute atomic E-state index is 0.0422. The van der Waals surface area contributed by atoms with E-state index in [1.165, 1.54) is 12.3 Å². The summed E-state index contributed by atoms with van der Waals surface area (Å²) in [5.41, 5.74) is 0. The van der Waals surface area contributed by atoms with Gasteiger partial charge in [0.05, 0.1) is 6.20 Å². The lowest BCUT2D eigenvalue weighted by Crippen LogP contribution is -2.26. The Morgan fingerprint density at radius 2 is 2.43 bits per heavy atom. The zero-order valence-electron chi connectivity index (χ0n) is 7.70. The summed E-state index contributed by atoms with van der Waals surface area (Å²) >= 11 is 5.68. The maximum atomic E-state index is 11.4. The lowest BCUT2D eigenvalue weighted by molar-refractivity contribution is 0.574. The Bertz CT molecular complexity index is 360. The van der Waals surface area contributed by atoms with Crippen LogP contribution < -0.4 is 4.72 Å². The minimum Gasteiger partial charge on any atom is -0.266 e. The highest BCUT2D eigenvalue weighted by molar-refractivity contribution is 7.89. The van der Waals surface area contributed by atoms with Crippen LogP contribution in [0.25, 0.3) is 0 Å². The Labute approximate surface area is 87.9 Å². The smallest absolute Gasteiger partial charge is 0.257 e. The van der Waals surface area contributed by atoms with Crippen molar-refractivity contribution in [2.45, 2.75) is 23.7 Å². The molecular weight excluding hydrogens is 226 g/mol. The van der Waals surface area contributed by atoms with Gasteiger partial charge in [-0.2, -0.15) is 5.10 Å². The van der Waals surface area contributed by atoms with Gasteiger partial charge in [0.1, 0.15) is 0 Å². The Balaban J connectivity index is 2.52. The monoisotopic (exact) mass is 237 g/mol. The Hall–Kier alpha value is -0.590. The van der Waals surface area contributed by atoms with Gasteiger partial charge in [-0.3, -0.25) is 5.10 Å². The summed E-state index contributed by atoms with van der Waals surface area (Å²) in [5, 5.41) is 5.97. The highest BCUT2D eigenvalue weighted by Gasteiger charge is 2.14. The molecule has 1 atom stereocenters. The topological polar surface area (TPSA) is 74.8 Å². The van der Waals surface area contributed by atoms with Crippen molar-refractivity contribution in [1.82, 2.24) is 14.9 Å². The molecule has 0 aliphatic carbocycles. The fraction of sp³-hybridized carbons (Fsp3) is 0.571. The zero-order chi connectivity index (χ0) is 10.6. The molecule has 0 fully saturated rings. The fourth-order valence-corrected chi connectivity index (χ4v) is 1.93. The van der Waals surface area contributed by atoms with Crippen LogP contribution >= 0.6 is 11.6 Å². The summed E-state index contributed by atoms with van der Waals surface area (Å²) in [5.74, 6) is 0. The number of alkyl halides is 1. The number of nitrogens with zero attached hydrogens (tertiary/aromatic N) is 1. The van der Waals surface area contributed by atoms with Crippen molar-refractivity contribution in [1.29, 1.82) is 0 Å². The molecule has 0 spiro atoms. The maximum absolute atomic E-state index is 11.4. The third-order valence-electron chi connectivity index (χ3n) is 1.60. The van der Waals surface area contributed by atoms with Crippen molar-refractivity contribution >= 4 is 21.6 Å². The van der Waals surface area contributed by atoms with Crippen LogP contribution in [-0.4, -0.2) is 30.5 Å². The van der Waals surface area contributed by atoms with E-state index in [1.54, 1.807) is 0 Å². The van der Waals surface area contributed by atoms with E-state index >= 15 is 0 Å². The van der Waals surface area contributed by atoms with Gasteiger partial charge in [0.15, 0.2) is 5.03 Å². The number of hydrogen-bond acceptors (Lipinski definition) is 3. The molecule has 1 heterocycles. The normalized spacial score (nSPS) is 14.1. The number of nitrogens with one attached hydrogen (secondary N) is 2. The second-order valence-corrected chi connectivity index (χ2v) is 5.37. The van der Waals surface area contributed by atoms with Crippen LogP contribution in [0, 0.1) is 0 Å². The zero-order valence-corrected chi connectivity index (χ0v) is 9.27. The predicted molar refractivity (Wildman–Crippen MR) is 53.7 cm³/mol. The number of halogens is 1. The van der Waals surface area contributed by atoms with Crippen molar-refractivity contribution in [3.8, 4) is 0 Å². The van der Waals surface area contributed by atoms with Crippen LogP contribution in [0.15, 0.2) is 17.3 Å². The van der Waals surface area contributed by atoms with Gasteiger partial charge >= 0.3 is 0 Å². The first-order valence-electron chi connectivity index (χ1n) is 4.15. The van der Waals surface area contributed by atoms with Crippen LogP contribution in [-0.2, 0) is 10.0 Å². The van der Waals surface area contributed by atoms with Crippen molar-refractivity contribution in [2.75, 3.05) is 6.54 Å². The van der Waals surface area contributed by atoms with Crippen molar-refractivity contribution < 1.29 is 8.42 Å². The van der Waals surface area contributed by atoms with Gasteiger partial charge in [0.2, 0.25) is 0 Å². The van der Waals surface area contributed by atoms with E-state index in [2.05, 4.69) is 14.9 Å². The molecule has 0 aromatic carbocycles. The number of aromatic amines is 1. The molecular formula is C7H12ClN3O2S. The first-order valence-corrected chi connectivity index (χ1v) is 6.07. The highest BCUT2D eigenvalue weighted by Crippen LogP contribution is 2.03. The van der Waals surface area contributed by atoms with Crippen LogP contribution in [0.4, 0.5) is 0 Å². The number of sulfonamides is 1. The first kappa shape index (κ1) is 11.5. The highest BCUT2D eigenvalue weighted by atomic mass is 35.5. The lowest BCUT2D eigenvalue weighted by Gasteiger charge is -2.05. The van der Waals surface area contributed by atoms with E-state index in [1.807, 2.05) is 6.92 Å². The molecule has 0 aliphatic heterocycles. The van der Waals surface area contributed by atoms with Crippen LogP contribution in [0.5, 0.6) is 0 Å². The molecule has 14 heavy (non-hydrogen) atoms. The standard InChI is InChI=1S/C7H12ClN3O2S/c1-6(8)2-5-10-14(12,13)7-3-4-9-11-7/h3-4,6,10H,2,5H2,1H3,(H,9,11). The van der Waals surface area contributed by atoms with Gasteiger partial charge in [-0.25, -0.2) is 13.1 Å². The van der Waals surface area contributed by atoms with Gasteiger partial charge in [0.25, 0.3) is 10.0 Å². The minimum atomic E-state index is -3.44. The Morgan fingerprint density at radius 3 is 2.93 bits per heavy atom. The van der Waals surface area contributed by atoms with E-state index < -0.39 is 10.0 Å². The number of hydrogen-bond donors (Lipinski definition) is 2. The lowest BCUT2D eigenvalue weighted by atomic mass is 10.3. The molecule has 0 radical (unpaired) electrons. The molecule has 0 aliphatic rings. The second-order valence-electron chi connectivity index (χ2n) is 2.89. The van der Waals surface area contributed by atoms with Crippen molar-refractivity contribution in [3.05, 3.63) is 12.3 Å². The van der Waals surface area contributed by atoms with Gasteiger partial charge in [0, 0.05) is 11.9 Å². The van der Waals surface area contributed by atoms with Crippen molar-refractivity contribution in [3.63, 3.8) is 0 Å². The molecule has 0 amide bonds. The predicted octanol–water partition coefficient (Wildman–Crippen LogP) is 0.705. The van der Waals surface area contributed by atoms with Gasteiger partial charge in [-0.05, 0) is 19.4 Å². The first-order chi connectivity index (χ1) is 6.52. The Kier molecular flexibility index (Phi) is 3.91. The molecule has 0 saturated carbocycles. The average Bonchev–Trinajstić information content (AvgIpc) is 2.54. The van der Waals surface area contributed by atoms with Gasteiger partial charge < -0.3 is 0 Å². The number of rotatable bonds is 5. The summed E-state index contributed by atoms with van der Waals surface area (Å²) in [6, 6.07) is 1.40. The summed E-state index contributed by atoms with van der Waals surface area (Å²) in [6.45, 7) is 2.14. The van der Waals surface area contributed by atoms with E-state index in [0.29, 0.717) is 13.0 Å². The molecule has 1 rings (SSSR count). The molecule has 7 heteroatoms. The summed E-state index contributed by atoms with van der Waals surface area (Å²) in [4.78, 5) is 0. The molecule has 0 saturated heterocycles. The third-order valence-corrected chi connectivity index (χ3v) is 3.21. The number of aromatic nitrogens is 2. The third kappa shape index (κ3) is 3.28. The second kappa shape index (κ2) is 4.77. The fourth-order valence-electron chi connectivity index (χ4n) is 0.863. The SMILES string of the molecule is CC(Cl)CCNS(=O)(=O)c1ccn[nH]1. The quantitative estimate of drug-likeness (QED) is 0.741. The van der Waals surface area contributed by atoms with Gasteiger partial charge in [-0.15, -0.1) is 11.6 Å². The largest absolute Gasteiger partial charge is 0.266 e. The maximum Gasteiger partial charge on any atom is 0.257 e. The molecule has 2 N–H and O–H groups in total. The summed E-state index contributed by atoms with van der Waals surface area (Å²) in [7, 11) is -3.44. The van der Waals surface area contributed by atoms with E-state index in [4.69, 9.17) is 11.6 Å². The van der Waals surface area contributed by atoms with E-state index in [-0.39, 0.29) is 10.4 Å². The molecule has 0 bridgehead atoms.